The van der Waals surface area contributed by atoms with Crippen LogP contribution in [-0.4, -0.2) is 11.2 Å². The third kappa shape index (κ3) is 1.34. The highest BCUT2D eigenvalue weighted by Gasteiger charge is 1.82. The van der Waals surface area contributed by atoms with E-state index >= 15 is 0 Å². The molecular weight excluding hydrogens is 158 g/mol. The second-order valence-corrected chi connectivity index (χ2v) is 3.93. The predicted octanol–water partition coefficient (Wildman–Crippen LogP) is 1.77. The van der Waals surface area contributed by atoms with Gasteiger partial charge in [0.25, 0.3) is 0 Å². The SMILES string of the molecule is CSc1cnc([S-])s1. The molecule has 0 amide bonds. The summed E-state index contributed by atoms with van der Waals surface area (Å²) in [7, 11) is 0. The fourth-order valence-corrected chi connectivity index (χ4v) is 1.93. The van der Waals surface area contributed by atoms with Gasteiger partial charge in [-0.2, -0.15) is 0 Å². The number of nitrogens with zero attached hydrogens (tertiary/aromatic N) is 1. The first-order valence-corrected chi connectivity index (χ1v) is 4.44. The van der Waals surface area contributed by atoms with Gasteiger partial charge in [0.2, 0.25) is 0 Å². The number of hydrogen-bond acceptors (Lipinski definition) is 4. The van der Waals surface area contributed by atoms with Crippen molar-refractivity contribution in [3.05, 3.63) is 6.20 Å². The van der Waals surface area contributed by atoms with E-state index < -0.39 is 0 Å². The van der Waals surface area contributed by atoms with E-state index in [9.17, 15) is 0 Å². The Balaban J connectivity index is 2.84. The highest BCUT2D eigenvalue weighted by Crippen LogP contribution is 2.21. The monoisotopic (exact) mass is 162 g/mol. The van der Waals surface area contributed by atoms with Gasteiger partial charge in [0.1, 0.15) is 0 Å². The van der Waals surface area contributed by atoms with Gasteiger partial charge in [-0.15, -0.1) is 11.8 Å². The van der Waals surface area contributed by atoms with E-state index in [1.807, 2.05) is 6.26 Å². The Bertz CT molecular complexity index is 172. The lowest BCUT2D eigenvalue weighted by molar-refractivity contribution is 1.24. The van der Waals surface area contributed by atoms with Crippen LogP contribution in [0.2, 0.25) is 0 Å². The Kier molecular flexibility index (Phi) is 2.10. The Morgan fingerprint density at radius 1 is 1.88 bits per heavy atom. The summed E-state index contributed by atoms with van der Waals surface area (Å²) in [5.41, 5.74) is 0. The summed E-state index contributed by atoms with van der Waals surface area (Å²) < 4.78 is 1.92. The minimum Gasteiger partial charge on any atom is -0.408 e. The van der Waals surface area contributed by atoms with E-state index in [-0.39, 0.29) is 0 Å². The molecule has 0 spiro atoms. The van der Waals surface area contributed by atoms with Gasteiger partial charge in [-0.3, -0.25) is 4.98 Å². The molecule has 8 heavy (non-hydrogen) atoms. The minimum absolute atomic E-state index is 0.731. The summed E-state index contributed by atoms with van der Waals surface area (Å²) in [5.74, 6) is 0. The zero-order valence-electron chi connectivity index (χ0n) is 4.25. The average Bonchev–Trinajstić information content (AvgIpc) is 2.14. The Hall–Kier alpha value is 0.200. The van der Waals surface area contributed by atoms with Gasteiger partial charge in [0, 0.05) is 6.20 Å². The zero-order valence-corrected chi connectivity index (χ0v) is 6.70. The number of thioether (sulfide) groups is 1. The molecule has 0 saturated carbocycles. The third-order valence-corrected chi connectivity index (χ3v) is 2.86. The molecule has 1 rings (SSSR count). The lowest BCUT2D eigenvalue weighted by Gasteiger charge is -1.89. The topological polar surface area (TPSA) is 12.9 Å². The van der Waals surface area contributed by atoms with E-state index in [2.05, 4.69) is 4.98 Å². The van der Waals surface area contributed by atoms with Crippen LogP contribution >= 0.6 is 23.1 Å². The van der Waals surface area contributed by atoms with Crippen molar-refractivity contribution < 1.29 is 0 Å². The van der Waals surface area contributed by atoms with Gasteiger partial charge in [-0.25, -0.2) is 0 Å². The third-order valence-electron chi connectivity index (χ3n) is 0.664. The van der Waals surface area contributed by atoms with E-state index in [0.29, 0.717) is 0 Å². The molecule has 1 nitrogen and oxygen atoms in total. The molecule has 0 fully saturated rings. The molecule has 0 saturated heterocycles. The number of hydrogen-bond donors (Lipinski definition) is 0. The van der Waals surface area contributed by atoms with Crippen LogP contribution in [-0.2, 0) is 12.6 Å². The minimum atomic E-state index is 0.731. The maximum Gasteiger partial charge on any atom is 0.0301 e. The van der Waals surface area contributed by atoms with Crippen LogP contribution in [0.5, 0.6) is 0 Å². The van der Waals surface area contributed by atoms with E-state index in [4.69, 9.17) is 12.6 Å². The molecule has 0 aliphatic carbocycles. The van der Waals surface area contributed by atoms with Crippen molar-refractivity contribution in [3.63, 3.8) is 0 Å². The molecule has 0 N–H and O–H groups in total. The largest absolute Gasteiger partial charge is 0.408 e. The average molecular weight is 162 g/mol. The van der Waals surface area contributed by atoms with Gasteiger partial charge in [0.05, 0.1) is 0 Å². The number of rotatable bonds is 1. The quantitative estimate of drug-likeness (QED) is 0.461. The highest BCUT2D eigenvalue weighted by atomic mass is 32.2. The van der Waals surface area contributed by atoms with Crippen molar-refractivity contribution in [1.29, 1.82) is 0 Å². The number of thiazole rings is 1. The van der Waals surface area contributed by atoms with Crippen LogP contribution in [0.25, 0.3) is 0 Å². The van der Waals surface area contributed by atoms with Gasteiger partial charge in [-0.05, 0) is 14.8 Å². The van der Waals surface area contributed by atoms with E-state index in [0.717, 1.165) is 4.34 Å². The van der Waals surface area contributed by atoms with Gasteiger partial charge in [0.15, 0.2) is 0 Å². The van der Waals surface area contributed by atoms with E-state index in [1.165, 1.54) is 4.21 Å². The lowest BCUT2D eigenvalue weighted by atomic mass is 11.0. The smallest absolute Gasteiger partial charge is 0.0301 e. The van der Waals surface area contributed by atoms with Crippen molar-refractivity contribution in [1.82, 2.24) is 4.98 Å². The molecule has 44 valence electrons. The summed E-state index contributed by atoms with van der Waals surface area (Å²) >= 11 is 8.03. The summed E-state index contributed by atoms with van der Waals surface area (Å²) in [6.07, 6.45) is 3.82. The molecular formula is C4H4NS3-. The molecule has 0 bridgehead atoms. The van der Waals surface area contributed by atoms with Crippen LogP contribution in [0.1, 0.15) is 0 Å². The van der Waals surface area contributed by atoms with Crippen LogP contribution in [0.3, 0.4) is 0 Å². The standard InChI is InChI=1S/C4H5NS3/c1-7-3-2-5-4(6)8-3/h2H,1H3,(H,5,6)/p-1. The fraction of sp³-hybridized carbons (Fsp3) is 0.250. The molecule has 1 heterocycles. The Morgan fingerprint density at radius 3 is 2.88 bits per heavy atom. The molecule has 1 aromatic rings. The molecule has 0 radical (unpaired) electrons. The highest BCUT2D eigenvalue weighted by molar-refractivity contribution is 8.00. The van der Waals surface area contributed by atoms with Crippen LogP contribution in [0.15, 0.2) is 14.7 Å². The second kappa shape index (κ2) is 2.66. The molecule has 0 aromatic carbocycles. The first-order chi connectivity index (χ1) is 3.83. The predicted molar refractivity (Wildman–Crippen MR) is 39.5 cm³/mol. The maximum absolute atomic E-state index is 4.79. The van der Waals surface area contributed by atoms with Crippen LogP contribution in [0.4, 0.5) is 0 Å². The van der Waals surface area contributed by atoms with Gasteiger partial charge in [-0.1, -0.05) is 0 Å². The lowest BCUT2D eigenvalue weighted by Crippen LogP contribution is -1.56. The Labute approximate surface area is 61.9 Å². The van der Waals surface area contributed by atoms with Crippen molar-refractivity contribution in [2.24, 2.45) is 0 Å². The number of aromatic nitrogens is 1. The molecule has 0 aliphatic heterocycles. The van der Waals surface area contributed by atoms with Gasteiger partial charge < -0.3 is 24.0 Å². The molecule has 1 aromatic heterocycles. The Morgan fingerprint density at radius 2 is 2.62 bits per heavy atom. The summed E-state index contributed by atoms with van der Waals surface area (Å²) in [4.78, 5) is 3.90. The van der Waals surface area contributed by atoms with Crippen molar-refractivity contribution in [2.75, 3.05) is 6.26 Å². The van der Waals surface area contributed by atoms with Crippen molar-refractivity contribution in [2.45, 2.75) is 8.55 Å². The van der Waals surface area contributed by atoms with Crippen LogP contribution in [0, 0.1) is 0 Å². The summed E-state index contributed by atoms with van der Waals surface area (Å²) in [5, 5.41) is 0. The normalized spacial score (nSPS) is 9.62. The fourth-order valence-electron chi connectivity index (χ4n) is 0.339. The first-order valence-electron chi connectivity index (χ1n) is 2.00. The molecule has 0 atom stereocenters. The summed E-state index contributed by atoms with van der Waals surface area (Å²) in [6, 6.07) is 0. The van der Waals surface area contributed by atoms with Crippen LogP contribution < -0.4 is 0 Å². The van der Waals surface area contributed by atoms with Crippen molar-refractivity contribution in [3.8, 4) is 0 Å². The zero-order chi connectivity index (χ0) is 5.98. The van der Waals surface area contributed by atoms with Gasteiger partial charge >= 0.3 is 0 Å². The van der Waals surface area contributed by atoms with E-state index in [1.54, 1.807) is 29.3 Å². The molecule has 0 aliphatic rings. The first kappa shape index (κ1) is 6.32. The maximum atomic E-state index is 4.79. The van der Waals surface area contributed by atoms with Crippen molar-refractivity contribution >= 4 is 35.7 Å². The second-order valence-electron chi connectivity index (χ2n) is 1.15. The molecule has 0 unspecified atom stereocenters. The summed E-state index contributed by atoms with van der Waals surface area (Å²) in [6.45, 7) is 0. The molecule has 4 heteroatoms.